The molecule has 0 heterocycles. The van der Waals surface area contributed by atoms with E-state index in [1.54, 1.807) is 55.7 Å². The summed E-state index contributed by atoms with van der Waals surface area (Å²) < 4.78 is 0.741. The van der Waals surface area contributed by atoms with Crippen LogP contribution in [0.3, 0.4) is 0 Å². The molecule has 0 aromatic heterocycles. The van der Waals surface area contributed by atoms with Gasteiger partial charge in [-0.1, -0.05) is 0 Å². The summed E-state index contributed by atoms with van der Waals surface area (Å²) in [6.07, 6.45) is 6.42. The molecule has 0 bridgehead atoms. The molecule has 3 aliphatic carbocycles. The van der Waals surface area contributed by atoms with Crippen molar-refractivity contribution in [2.75, 3.05) is 0 Å². The minimum atomic E-state index is -1.39. The molecule has 0 radical (unpaired) electrons. The molecule has 0 saturated carbocycles. The van der Waals surface area contributed by atoms with Crippen molar-refractivity contribution in [1.29, 1.82) is 0 Å². The van der Waals surface area contributed by atoms with E-state index in [1.807, 2.05) is 0 Å². The Balaban J connectivity index is 1.57. The van der Waals surface area contributed by atoms with Crippen LogP contribution in [-0.4, -0.2) is 5.20 Å². The molecule has 2 aromatic carbocycles. The van der Waals surface area contributed by atoms with Gasteiger partial charge >= 0.3 is 233 Å². The Morgan fingerprint density at radius 3 is 2.06 bits per heavy atom. The molecule has 3 aliphatic rings. The molecule has 0 nitrogen and oxygen atoms in total. The predicted molar refractivity (Wildman–Crippen MR) is 157 cm³/mol. The summed E-state index contributed by atoms with van der Waals surface area (Å²) in [7, 11) is 0. The van der Waals surface area contributed by atoms with Gasteiger partial charge in [0.05, 0.1) is 0 Å². The first-order chi connectivity index (χ1) is 16.8. The van der Waals surface area contributed by atoms with Crippen molar-refractivity contribution < 1.29 is 22.4 Å². The third kappa shape index (κ3) is 4.29. The van der Waals surface area contributed by atoms with E-state index >= 15 is 0 Å². The fourth-order valence-electron chi connectivity index (χ4n) is 7.28. The van der Waals surface area contributed by atoms with E-state index in [4.69, 9.17) is 0 Å². The molecule has 36 heavy (non-hydrogen) atoms. The van der Waals surface area contributed by atoms with E-state index in [0.29, 0.717) is 0 Å². The Labute approximate surface area is 231 Å². The van der Waals surface area contributed by atoms with Crippen LogP contribution in [0.25, 0.3) is 17.2 Å². The maximum atomic E-state index is 2.73. The number of allylic oxidation sites excluding steroid dienone is 5. The van der Waals surface area contributed by atoms with Gasteiger partial charge in [0.15, 0.2) is 0 Å². The predicted octanol–water partition coefficient (Wildman–Crippen LogP) is 9.94. The number of hydrogen-bond acceptors (Lipinski definition) is 0. The second kappa shape index (κ2) is 9.20. The average molecular weight is 572 g/mol. The molecule has 0 fully saturated rings. The van der Waals surface area contributed by atoms with Gasteiger partial charge in [0.1, 0.15) is 0 Å². The van der Waals surface area contributed by atoms with Crippen LogP contribution in [-0.2, 0) is 40.7 Å². The molecule has 0 aliphatic heterocycles. The summed E-state index contributed by atoms with van der Waals surface area (Å²) in [5, 5.41) is -1.39. The zero-order valence-electron chi connectivity index (χ0n) is 24.2. The summed E-state index contributed by atoms with van der Waals surface area (Å²) >= 11 is -0.683. The Hall–Kier alpha value is -1.24. The van der Waals surface area contributed by atoms with Gasteiger partial charge in [-0.15, -0.1) is 0 Å². The molecule has 1 unspecified atom stereocenters. The molecule has 0 spiro atoms. The second-order valence-electron chi connectivity index (χ2n) is 13.3. The summed E-state index contributed by atoms with van der Waals surface area (Å²) in [5.74, 6) is 0. The van der Waals surface area contributed by atoms with Gasteiger partial charge in [-0.3, -0.25) is 0 Å². The molecule has 188 valence electrons. The average Bonchev–Trinajstić information content (AvgIpc) is 3.44. The molecule has 2 aromatic rings. The van der Waals surface area contributed by atoms with Crippen molar-refractivity contribution in [3.63, 3.8) is 0 Å². The second-order valence-corrected chi connectivity index (χ2v) is 30.7. The van der Waals surface area contributed by atoms with Gasteiger partial charge in [0.2, 0.25) is 0 Å². The maximum absolute atomic E-state index is 2.73. The fourth-order valence-corrected chi connectivity index (χ4v) is 24.7. The molecule has 1 atom stereocenters. The van der Waals surface area contributed by atoms with Crippen molar-refractivity contribution in [1.82, 2.24) is 0 Å². The Bertz CT molecular complexity index is 1300. The van der Waals surface area contributed by atoms with Crippen molar-refractivity contribution in [3.05, 3.63) is 86.0 Å². The standard InChI is InChI=1S/C23H25.C11H19Si.Zr/c1-15-12-18-14-17-6-5-7-20(17)22(21(18)13-15)16-8-10-19(11-9-16)23(2,3)4;1-7-8(2)10(4)11(9(7)3)12(5)6;/h8-14H,5-7H2,1-4H3;11H,1-6H3;. The van der Waals surface area contributed by atoms with Gasteiger partial charge in [0.25, 0.3) is 0 Å². The van der Waals surface area contributed by atoms with Crippen LogP contribution in [0.4, 0.5) is 0 Å². The van der Waals surface area contributed by atoms with Crippen LogP contribution >= 0.6 is 0 Å². The topological polar surface area (TPSA) is 0 Å². The zero-order chi connectivity index (χ0) is 26.2. The van der Waals surface area contributed by atoms with E-state index < -0.39 is 27.6 Å². The first kappa shape index (κ1) is 26.4. The molecule has 5 rings (SSSR count). The van der Waals surface area contributed by atoms with Gasteiger partial charge in [0, 0.05) is 0 Å². The van der Waals surface area contributed by atoms with Crippen LogP contribution in [0.5, 0.6) is 0 Å². The van der Waals surface area contributed by atoms with E-state index in [0.717, 1.165) is 9.17 Å². The first-order valence-corrected chi connectivity index (χ1v) is 22.1. The number of hydrogen-bond donors (Lipinski definition) is 0. The number of fused-ring (bicyclic) bond motifs is 2. The van der Waals surface area contributed by atoms with Crippen LogP contribution in [0.1, 0.15) is 93.3 Å². The Morgan fingerprint density at radius 2 is 1.47 bits per heavy atom. The molecular weight excluding hydrogens is 528 g/mol. The van der Waals surface area contributed by atoms with Crippen molar-refractivity contribution >= 4 is 11.3 Å². The number of benzene rings is 2. The van der Waals surface area contributed by atoms with Gasteiger partial charge < -0.3 is 0 Å². The molecule has 0 N–H and O–H groups in total. The van der Waals surface area contributed by atoms with Crippen LogP contribution < -0.4 is 0 Å². The van der Waals surface area contributed by atoms with Gasteiger partial charge in [-0.2, -0.15) is 0 Å². The van der Waals surface area contributed by atoms with Crippen molar-refractivity contribution in [2.24, 2.45) is 0 Å². The number of aryl methyl sites for hydroxylation is 1. The SMILES string of the molecule is CC1=Cc2c(cc3c(c2-c2ccc(C(C)(C)C)cc2)CCC3)[CH]1[Zr][Si](C)(C)C1C(C)=C(C)C(C)=C1C. The quantitative estimate of drug-likeness (QED) is 0.320. The zero-order valence-corrected chi connectivity index (χ0v) is 27.7. The number of rotatable bonds is 4. The third-order valence-corrected chi connectivity index (χ3v) is 24.5. The molecule has 0 saturated heterocycles. The Kier molecular flexibility index (Phi) is 6.74. The van der Waals surface area contributed by atoms with Gasteiger partial charge in [-0.05, 0) is 0 Å². The monoisotopic (exact) mass is 570 g/mol. The van der Waals surface area contributed by atoms with E-state index in [-0.39, 0.29) is 5.41 Å². The van der Waals surface area contributed by atoms with Gasteiger partial charge in [-0.25, -0.2) is 0 Å². The van der Waals surface area contributed by atoms with Crippen LogP contribution in [0.15, 0.2) is 58.2 Å². The van der Waals surface area contributed by atoms with E-state index in [1.165, 1.54) is 30.4 Å². The summed E-state index contributed by atoms with van der Waals surface area (Å²) in [4.78, 5) is 0. The molecular formula is C34H44SiZr. The summed E-state index contributed by atoms with van der Waals surface area (Å²) in [6, 6.07) is 12.2. The first-order valence-electron chi connectivity index (χ1n) is 13.9. The Morgan fingerprint density at radius 1 is 0.861 bits per heavy atom. The normalized spacial score (nSPS) is 20.3. The van der Waals surface area contributed by atoms with E-state index in [9.17, 15) is 0 Å². The molecule has 2 heteroatoms. The van der Waals surface area contributed by atoms with Crippen molar-refractivity contribution in [2.45, 2.75) is 102 Å². The van der Waals surface area contributed by atoms with Crippen molar-refractivity contribution in [3.8, 4) is 11.1 Å². The third-order valence-electron chi connectivity index (χ3n) is 9.50. The van der Waals surface area contributed by atoms with E-state index in [2.05, 4.69) is 105 Å². The molecule has 0 amide bonds. The summed E-state index contributed by atoms with van der Waals surface area (Å²) in [6.45, 7) is 24.4. The minimum absolute atomic E-state index is 0.194. The van der Waals surface area contributed by atoms with Crippen LogP contribution in [0.2, 0.25) is 18.6 Å². The van der Waals surface area contributed by atoms with Crippen LogP contribution in [0, 0.1) is 0 Å². The summed E-state index contributed by atoms with van der Waals surface area (Å²) in [5.41, 5.74) is 20.1. The fraction of sp³-hybridized carbons (Fsp3) is 0.471.